The minimum Gasteiger partial charge on any atom is -0.494 e. The minimum absolute atomic E-state index is 0.347. The fourth-order valence-corrected chi connectivity index (χ4v) is 2.25. The molecule has 0 aromatic heterocycles. The lowest BCUT2D eigenvalue weighted by Crippen LogP contribution is -2.32. The van der Waals surface area contributed by atoms with Crippen LogP contribution in [0.1, 0.15) is 13.3 Å². The first-order valence-corrected chi connectivity index (χ1v) is 7.41. The number of hydrogen-bond donors (Lipinski definition) is 1. The molecular weight excluding hydrogens is 262 g/mol. The van der Waals surface area contributed by atoms with Crippen molar-refractivity contribution >= 4 is 5.69 Å². The van der Waals surface area contributed by atoms with Gasteiger partial charge in [-0.2, -0.15) is 0 Å². The lowest BCUT2D eigenvalue weighted by Gasteiger charge is -2.26. The number of rotatable bonds is 8. The fraction of sp³-hybridized carbons (Fsp3) is 0.333. The van der Waals surface area contributed by atoms with E-state index in [0.29, 0.717) is 13.2 Å². The molecule has 0 radical (unpaired) electrons. The van der Waals surface area contributed by atoms with Crippen molar-refractivity contribution in [2.75, 3.05) is 24.6 Å². The van der Waals surface area contributed by atoms with E-state index in [1.807, 2.05) is 55.5 Å². The third-order valence-corrected chi connectivity index (χ3v) is 3.19. The second-order valence-corrected chi connectivity index (χ2v) is 5.15. The maximum Gasteiger partial charge on any atom is 0.119 e. The summed E-state index contributed by atoms with van der Waals surface area (Å²) in [5, 5.41) is 9.65. The van der Waals surface area contributed by atoms with Gasteiger partial charge in [0.1, 0.15) is 5.75 Å². The molecule has 2 aromatic rings. The van der Waals surface area contributed by atoms with Gasteiger partial charge in [-0.05, 0) is 37.6 Å². The number of nitrogens with zero attached hydrogens (tertiary/aromatic N) is 1. The van der Waals surface area contributed by atoms with Crippen LogP contribution in [0.25, 0.3) is 0 Å². The average molecular weight is 285 g/mol. The molecule has 0 amide bonds. The molecule has 0 heterocycles. The molecule has 0 fully saturated rings. The van der Waals surface area contributed by atoms with E-state index in [1.165, 1.54) is 0 Å². The topological polar surface area (TPSA) is 32.7 Å². The molecule has 2 rings (SSSR count). The molecule has 3 nitrogen and oxygen atoms in total. The van der Waals surface area contributed by atoms with Gasteiger partial charge in [-0.1, -0.05) is 36.4 Å². The van der Waals surface area contributed by atoms with Crippen molar-refractivity contribution in [3.05, 3.63) is 60.7 Å². The number of para-hydroxylation sites is 2. The monoisotopic (exact) mass is 285 g/mol. The Hall–Kier alpha value is -2.00. The molecular formula is C18H23NO2. The van der Waals surface area contributed by atoms with Gasteiger partial charge in [-0.3, -0.25) is 0 Å². The summed E-state index contributed by atoms with van der Waals surface area (Å²) >= 11 is 0. The van der Waals surface area contributed by atoms with Crippen LogP contribution in [-0.2, 0) is 0 Å². The van der Waals surface area contributed by atoms with E-state index in [2.05, 4.69) is 17.0 Å². The van der Waals surface area contributed by atoms with E-state index in [-0.39, 0.29) is 6.10 Å². The summed E-state index contributed by atoms with van der Waals surface area (Å²) < 4.78 is 5.71. The van der Waals surface area contributed by atoms with Gasteiger partial charge in [0.15, 0.2) is 0 Å². The van der Waals surface area contributed by atoms with Crippen LogP contribution in [0.15, 0.2) is 60.7 Å². The molecule has 0 saturated carbocycles. The third kappa shape index (κ3) is 5.48. The molecule has 2 aromatic carbocycles. The number of ether oxygens (including phenoxy) is 1. The van der Waals surface area contributed by atoms with Crippen LogP contribution in [0.4, 0.5) is 5.69 Å². The number of hydrogen-bond acceptors (Lipinski definition) is 3. The molecule has 0 bridgehead atoms. The highest BCUT2D eigenvalue weighted by Crippen LogP contribution is 2.14. The number of aliphatic hydroxyl groups is 1. The maximum atomic E-state index is 9.65. The Morgan fingerprint density at radius 3 is 2.24 bits per heavy atom. The zero-order valence-corrected chi connectivity index (χ0v) is 12.5. The van der Waals surface area contributed by atoms with Crippen LogP contribution in [-0.4, -0.2) is 30.9 Å². The fourth-order valence-electron chi connectivity index (χ4n) is 2.25. The summed E-state index contributed by atoms with van der Waals surface area (Å²) in [6, 6.07) is 20.0. The highest BCUT2D eigenvalue weighted by atomic mass is 16.5. The van der Waals surface area contributed by atoms with Gasteiger partial charge in [0.05, 0.1) is 12.7 Å². The van der Waals surface area contributed by atoms with E-state index in [0.717, 1.165) is 24.4 Å². The summed E-state index contributed by atoms with van der Waals surface area (Å²) in [5.41, 5.74) is 1.14. The van der Waals surface area contributed by atoms with Crippen molar-refractivity contribution in [1.29, 1.82) is 0 Å². The largest absolute Gasteiger partial charge is 0.494 e. The van der Waals surface area contributed by atoms with Gasteiger partial charge >= 0.3 is 0 Å². The Bertz CT molecular complexity index is 499. The lowest BCUT2D eigenvalue weighted by atomic mass is 10.2. The first kappa shape index (κ1) is 15.4. The van der Waals surface area contributed by atoms with Crippen LogP contribution in [0.5, 0.6) is 5.75 Å². The molecule has 1 N–H and O–H groups in total. The molecule has 1 atom stereocenters. The SMILES string of the molecule is CC(O)CN(CCCOc1ccccc1)c1ccccc1. The Balaban J connectivity index is 1.82. The zero-order chi connectivity index (χ0) is 14.9. The summed E-state index contributed by atoms with van der Waals surface area (Å²) in [4.78, 5) is 2.19. The van der Waals surface area contributed by atoms with E-state index in [4.69, 9.17) is 4.74 Å². The predicted molar refractivity (Wildman–Crippen MR) is 86.9 cm³/mol. The Morgan fingerprint density at radius 1 is 1.00 bits per heavy atom. The first-order chi connectivity index (χ1) is 10.3. The summed E-state index contributed by atoms with van der Waals surface area (Å²) in [7, 11) is 0. The van der Waals surface area contributed by atoms with Gasteiger partial charge in [0.25, 0.3) is 0 Å². The second kappa shape index (κ2) is 8.32. The predicted octanol–water partition coefficient (Wildman–Crippen LogP) is 3.34. The molecule has 0 aliphatic carbocycles. The van der Waals surface area contributed by atoms with Crippen molar-refractivity contribution < 1.29 is 9.84 Å². The van der Waals surface area contributed by atoms with E-state index in [9.17, 15) is 5.11 Å². The lowest BCUT2D eigenvalue weighted by molar-refractivity contribution is 0.199. The Morgan fingerprint density at radius 2 is 1.62 bits per heavy atom. The molecule has 0 aliphatic heterocycles. The number of benzene rings is 2. The average Bonchev–Trinajstić information content (AvgIpc) is 2.52. The molecule has 112 valence electrons. The smallest absolute Gasteiger partial charge is 0.119 e. The van der Waals surface area contributed by atoms with E-state index < -0.39 is 0 Å². The first-order valence-electron chi connectivity index (χ1n) is 7.41. The van der Waals surface area contributed by atoms with E-state index >= 15 is 0 Å². The van der Waals surface area contributed by atoms with Crippen LogP contribution < -0.4 is 9.64 Å². The summed E-state index contributed by atoms with van der Waals surface area (Å²) in [6.45, 7) is 3.99. The molecule has 0 aliphatic rings. The maximum absolute atomic E-state index is 9.65. The standard InChI is InChI=1S/C18H23NO2/c1-16(20)15-19(17-9-4-2-5-10-17)13-8-14-21-18-11-6-3-7-12-18/h2-7,9-12,16,20H,8,13-15H2,1H3. The summed E-state index contributed by atoms with van der Waals surface area (Å²) in [6.07, 6.45) is 0.566. The van der Waals surface area contributed by atoms with Crippen molar-refractivity contribution in [3.63, 3.8) is 0 Å². The van der Waals surface area contributed by atoms with Gasteiger partial charge < -0.3 is 14.7 Å². The van der Waals surface area contributed by atoms with Gasteiger partial charge in [0, 0.05) is 18.8 Å². The van der Waals surface area contributed by atoms with Crippen LogP contribution >= 0.6 is 0 Å². The van der Waals surface area contributed by atoms with Gasteiger partial charge in [0.2, 0.25) is 0 Å². The number of anilines is 1. The Labute approximate surface area is 126 Å². The molecule has 0 spiro atoms. The number of aliphatic hydroxyl groups excluding tert-OH is 1. The molecule has 21 heavy (non-hydrogen) atoms. The van der Waals surface area contributed by atoms with Crippen LogP contribution in [0.3, 0.4) is 0 Å². The second-order valence-electron chi connectivity index (χ2n) is 5.15. The molecule has 1 unspecified atom stereocenters. The summed E-state index contributed by atoms with van der Waals surface area (Å²) in [5.74, 6) is 0.902. The van der Waals surface area contributed by atoms with Gasteiger partial charge in [-0.25, -0.2) is 0 Å². The zero-order valence-electron chi connectivity index (χ0n) is 12.5. The van der Waals surface area contributed by atoms with E-state index in [1.54, 1.807) is 0 Å². The van der Waals surface area contributed by atoms with Crippen molar-refractivity contribution in [2.24, 2.45) is 0 Å². The van der Waals surface area contributed by atoms with Gasteiger partial charge in [-0.15, -0.1) is 0 Å². The minimum atomic E-state index is -0.347. The van der Waals surface area contributed by atoms with Crippen LogP contribution in [0, 0.1) is 0 Å². The highest BCUT2D eigenvalue weighted by molar-refractivity contribution is 5.46. The third-order valence-electron chi connectivity index (χ3n) is 3.19. The van der Waals surface area contributed by atoms with Crippen molar-refractivity contribution in [3.8, 4) is 5.75 Å². The Kier molecular flexibility index (Phi) is 6.10. The molecule has 3 heteroatoms. The van der Waals surface area contributed by atoms with Crippen LogP contribution in [0.2, 0.25) is 0 Å². The van der Waals surface area contributed by atoms with Crippen molar-refractivity contribution in [2.45, 2.75) is 19.4 Å². The normalized spacial score (nSPS) is 11.9. The molecule has 0 saturated heterocycles. The quantitative estimate of drug-likeness (QED) is 0.755. The highest BCUT2D eigenvalue weighted by Gasteiger charge is 2.08. The van der Waals surface area contributed by atoms with Crippen molar-refractivity contribution in [1.82, 2.24) is 0 Å².